The first-order valence-corrected chi connectivity index (χ1v) is 19.0. The van der Waals surface area contributed by atoms with E-state index in [1.807, 2.05) is 0 Å². The number of carbonyl (C=O) groups excluding carboxylic acids is 3. The number of amides is 2. The van der Waals surface area contributed by atoms with E-state index in [1.165, 1.54) is 36.2 Å². The van der Waals surface area contributed by atoms with E-state index in [0.29, 0.717) is 47.8 Å². The van der Waals surface area contributed by atoms with Crippen molar-refractivity contribution in [2.75, 3.05) is 6.54 Å². The Labute approximate surface area is 247 Å². The fraction of sp³-hybridized carbons (Fsp3) is 0.686. The predicted molar refractivity (Wildman–Crippen MR) is 164 cm³/mol. The zero-order chi connectivity index (χ0) is 29.5. The van der Waals surface area contributed by atoms with Gasteiger partial charge in [-0.15, -0.1) is 0 Å². The lowest BCUT2D eigenvalue weighted by Crippen LogP contribution is -2.54. The molecule has 0 saturated heterocycles. The van der Waals surface area contributed by atoms with Gasteiger partial charge in [0.1, 0.15) is 0 Å². The standard InChI is InChI=1S/C35H49NO4Si/c1-33(2,3)41(6,7)40-30-15-14-26-24-12-13-27-25(18-21-36-31(38)22-10-8-9-11-23(22)32(36)39)29(37)17-20-34(27,4)28(24)16-19-35(26,30)5/h8-11,24,26,28,30H,12-21H2,1-7H3/t24?,26?,28?,30-,34-,35-/m0/s1. The number of allylic oxidation sites excluding steroid dienone is 1. The molecule has 41 heavy (non-hydrogen) atoms. The molecule has 1 heterocycles. The van der Waals surface area contributed by atoms with Gasteiger partial charge in [0, 0.05) is 13.0 Å². The van der Waals surface area contributed by atoms with E-state index in [9.17, 15) is 14.4 Å². The lowest BCUT2D eigenvalue weighted by molar-refractivity contribution is -0.119. The van der Waals surface area contributed by atoms with Crippen LogP contribution in [0.1, 0.15) is 113 Å². The second-order valence-corrected chi connectivity index (χ2v) is 20.5. The number of ketones is 1. The number of nitrogens with zero attached hydrogens (tertiary/aromatic N) is 1. The highest BCUT2D eigenvalue weighted by Crippen LogP contribution is 2.66. The molecule has 0 spiro atoms. The number of hydrogen-bond donors (Lipinski definition) is 0. The van der Waals surface area contributed by atoms with Crippen LogP contribution in [-0.4, -0.2) is 43.5 Å². The number of hydrogen-bond acceptors (Lipinski definition) is 4. The van der Waals surface area contributed by atoms with Crippen LogP contribution >= 0.6 is 0 Å². The molecule has 6 atom stereocenters. The first kappa shape index (κ1) is 29.0. The number of benzene rings is 1. The largest absolute Gasteiger partial charge is 0.413 e. The molecule has 2 amide bonds. The molecule has 0 radical (unpaired) electrons. The maximum absolute atomic E-state index is 13.4. The van der Waals surface area contributed by atoms with Gasteiger partial charge in [0.15, 0.2) is 14.1 Å². The minimum absolute atomic E-state index is 0.0356. The van der Waals surface area contributed by atoms with Crippen molar-refractivity contribution >= 4 is 25.9 Å². The van der Waals surface area contributed by atoms with Crippen molar-refractivity contribution in [3.63, 3.8) is 0 Å². The van der Waals surface area contributed by atoms with Gasteiger partial charge in [-0.2, -0.15) is 0 Å². The Balaban J connectivity index is 1.22. The van der Waals surface area contributed by atoms with E-state index in [-0.39, 0.29) is 40.0 Å². The van der Waals surface area contributed by atoms with E-state index in [1.54, 1.807) is 24.3 Å². The van der Waals surface area contributed by atoms with E-state index in [0.717, 1.165) is 24.8 Å². The van der Waals surface area contributed by atoms with E-state index < -0.39 is 8.32 Å². The summed E-state index contributed by atoms with van der Waals surface area (Å²) in [7, 11) is -1.84. The fourth-order valence-corrected chi connectivity index (χ4v) is 10.9. The van der Waals surface area contributed by atoms with Gasteiger partial charge >= 0.3 is 0 Å². The Morgan fingerprint density at radius 1 is 0.902 bits per heavy atom. The third-order valence-electron chi connectivity index (χ3n) is 12.9. The minimum atomic E-state index is -1.84. The van der Waals surface area contributed by atoms with E-state index in [2.05, 4.69) is 47.7 Å². The fourth-order valence-electron chi connectivity index (χ4n) is 9.46. The van der Waals surface area contributed by atoms with Gasteiger partial charge in [0.05, 0.1) is 17.2 Å². The van der Waals surface area contributed by atoms with Gasteiger partial charge in [-0.25, -0.2) is 0 Å². The molecule has 222 valence electrons. The van der Waals surface area contributed by atoms with Gasteiger partial charge in [-0.3, -0.25) is 19.3 Å². The number of fused-ring (bicyclic) bond motifs is 6. The van der Waals surface area contributed by atoms with Crippen molar-refractivity contribution in [1.29, 1.82) is 0 Å². The van der Waals surface area contributed by atoms with Gasteiger partial charge in [0.2, 0.25) is 0 Å². The van der Waals surface area contributed by atoms with Crippen LogP contribution in [0.3, 0.4) is 0 Å². The van der Waals surface area contributed by atoms with Gasteiger partial charge < -0.3 is 4.43 Å². The molecule has 4 aliphatic carbocycles. The quantitative estimate of drug-likeness (QED) is 0.264. The monoisotopic (exact) mass is 575 g/mol. The number of imide groups is 1. The first-order valence-electron chi connectivity index (χ1n) is 16.1. The lowest BCUT2D eigenvalue weighted by Gasteiger charge is -2.59. The summed E-state index contributed by atoms with van der Waals surface area (Å²) in [5, 5.41) is 0.217. The van der Waals surface area contributed by atoms with Crippen molar-refractivity contribution in [3.8, 4) is 0 Å². The normalized spacial score (nSPS) is 35.4. The third-order valence-corrected chi connectivity index (χ3v) is 17.4. The number of rotatable bonds is 5. The number of carbonyl (C=O) groups is 3. The summed E-state index contributed by atoms with van der Waals surface area (Å²) in [6, 6.07) is 7.05. The second kappa shape index (κ2) is 9.73. The molecule has 0 aromatic heterocycles. The average Bonchev–Trinajstić information content (AvgIpc) is 3.36. The molecule has 1 aromatic rings. The van der Waals surface area contributed by atoms with Crippen LogP contribution in [0.5, 0.6) is 0 Å². The molecule has 1 aliphatic heterocycles. The molecule has 6 rings (SSSR count). The van der Waals surface area contributed by atoms with Crippen LogP contribution in [0.15, 0.2) is 35.4 Å². The Hall–Kier alpha value is -2.05. The Kier molecular flexibility index (Phi) is 6.89. The van der Waals surface area contributed by atoms with Crippen molar-refractivity contribution in [2.24, 2.45) is 28.6 Å². The summed E-state index contributed by atoms with van der Waals surface area (Å²) < 4.78 is 7.12. The molecule has 6 heteroatoms. The Bertz CT molecular complexity index is 1290. The lowest BCUT2D eigenvalue weighted by atomic mass is 9.46. The summed E-state index contributed by atoms with van der Waals surface area (Å²) in [4.78, 5) is 40.7. The highest BCUT2D eigenvalue weighted by molar-refractivity contribution is 6.74. The summed E-state index contributed by atoms with van der Waals surface area (Å²) in [5.41, 5.74) is 3.51. The Morgan fingerprint density at radius 2 is 1.56 bits per heavy atom. The van der Waals surface area contributed by atoms with Crippen LogP contribution in [0, 0.1) is 28.6 Å². The summed E-state index contributed by atoms with van der Waals surface area (Å²) in [6.07, 6.45) is 9.34. The molecular weight excluding hydrogens is 526 g/mol. The van der Waals surface area contributed by atoms with Crippen molar-refractivity contribution in [3.05, 3.63) is 46.5 Å². The van der Waals surface area contributed by atoms with E-state index in [4.69, 9.17) is 4.43 Å². The molecule has 3 fully saturated rings. The minimum Gasteiger partial charge on any atom is -0.413 e. The maximum atomic E-state index is 13.4. The smallest absolute Gasteiger partial charge is 0.261 e. The zero-order valence-electron chi connectivity index (χ0n) is 26.3. The summed E-state index contributed by atoms with van der Waals surface area (Å²) in [6.45, 7) is 17.1. The molecule has 3 saturated carbocycles. The Morgan fingerprint density at radius 3 is 2.20 bits per heavy atom. The molecule has 5 nitrogen and oxygen atoms in total. The van der Waals surface area contributed by atoms with Crippen molar-refractivity contribution < 1.29 is 18.8 Å². The first-order chi connectivity index (χ1) is 19.2. The van der Waals surface area contributed by atoms with Gasteiger partial charge in [-0.1, -0.05) is 52.3 Å². The van der Waals surface area contributed by atoms with Crippen molar-refractivity contribution in [2.45, 2.75) is 117 Å². The highest BCUT2D eigenvalue weighted by Gasteiger charge is 2.60. The van der Waals surface area contributed by atoms with Crippen molar-refractivity contribution in [1.82, 2.24) is 4.90 Å². The third kappa shape index (κ3) is 4.37. The molecule has 0 bridgehead atoms. The summed E-state index contributed by atoms with van der Waals surface area (Å²) >= 11 is 0. The zero-order valence-corrected chi connectivity index (χ0v) is 27.3. The van der Waals surface area contributed by atoms with E-state index >= 15 is 0 Å². The average molecular weight is 576 g/mol. The van der Waals surface area contributed by atoms with Gasteiger partial charge in [-0.05, 0) is 116 Å². The van der Waals surface area contributed by atoms with Crippen LogP contribution in [0.2, 0.25) is 18.1 Å². The maximum Gasteiger partial charge on any atom is 0.261 e. The van der Waals surface area contributed by atoms with Gasteiger partial charge in [0.25, 0.3) is 11.8 Å². The molecule has 0 N–H and O–H groups in total. The van der Waals surface area contributed by atoms with Crippen LogP contribution in [0.4, 0.5) is 0 Å². The molecule has 5 aliphatic rings. The second-order valence-electron chi connectivity index (χ2n) is 15.8. The molecular formula is C35H49NO4Si. The topological polar surface area (TPSA) is 63.7 Å². The highest BCUT2D eigenvalue weighted by atomic mass is 28.4. The molecule has 1 aromatic carbocycles. The number of Topliss-reactive ketones (excluding diaryl/α,β-unsaturated/α-hetero) is 1. The molecule has 3 unspecified atom stereocenters. The SMILES string of the molecule is CC(C)(C)[Si](C)(C)O[C@H]1CCC2C3CCC4=C(CCN5C(=O)c6ccccc6C5=O)C(=O)CC[C@]4(C)C3CC[C@@]21C. The van der Waals surface area contributed by atoms with Crippen LogP contribution in [-0.2, 0) is 9.22 Å². The predicted octanol–water partition coefficient (Wildman–Crippen LogP) is 7.97. The van der Waals surface area contributed by atoms with Crippen LogP contribution in [0.25, 0.3) is 0 Å². The summed E-state index contributed by atoms with van der Waals surface area (Å²) in [5.74, 6) is 1.74. The van der Waals surface area contributed by atoms with Crippen LogP contribution < -0.4 is 0 Å².